The van der Waals surface area contributed by atoms with E-state index in [9.17, 15) is 19.2 Å². The van der Waals surface area contributed by atoms with E-state index in [4.69, 9.17) is 9.47 Å². The van der Waals surface area contributed by atoms with Crippen LogP contribution in [0.1, 0.15) is 63.1 Å². The normalized spacial score (nSPS) is 18.7. The molecule has 0 aliphatic carbocycles. The average Bonchev–Trinajstić information content (AvgIpc) is 3.77. The number of hydrogen-bond donors (Lipinski definition) is 2. The Bertz CT molecular complexity index is 1220. The summed E-state index contributed by atoms with van der Waals surface area (Å²) in [6.45, 7) is 6.32. The van der Waals surface area contributed by atoms with Gasteiger partial charge in [0.05, 0.1) is 49.2 Å². The number of likely N-dealkylation sites (N-methyl/N-ethyl adjacent to an activating group) is 1. The summed E-state index contributed by atoms with van der Waals surface area (Å²) < 4.78 is 11.8. The number of likely N-dealkylation sites (tertiary alicyclic amines) is 1. The lowest BCUT2D eigenvalue weighted by Crippen LogP contribution is -2.54. The van der Waals surface area contributed by atoms with Gasteiger partial charge >= 0.3 is 0 Å². The molecule has 1 aromatic heterocycles. The summed E-state index contributed by atoms with van der Waals surface area (Å²) >= 11 is 1.50. The number of thiazole rings is 1. The molecule has 1 aliphatic heterocycles. The fourth-order valence-electron chi connectivity index (χ4n) is 6.34. The molecule has 248 valence electrons. The maximum atomic E-state index is 13.9. The Balaban J connectivity index is 1.74. The number of ether oxygens (including phenoxy) is 2. The van der Waals surface area contributed by atoms with Crippen LogP contribution in [-0.2, 0) is 35.1 Å². The SMILES string of the molecule is CCC(C)C(C(CC(=O)N1CCCC1C(OC)C(C)C(=O)NC(Cc1ccccc1)c1nccs1)OC)N(C)C(=O)CNC=O. The first-order chi connectivity index (χ1) is 21.7. The number of methoxy groups -OCH3 is 2. The van der Waals surface area contributed by atoms with E-state index in [1.807, 2.05) is 61.4 Å². The minimum atomic E-state index is -0.558. The molecule has 45 heavy (non-hydrogen) atoms. The molecule has 3 rings (SSSR count). The Labute approximate surface area is 271 Å². The summed E-state index contributed by atoms with van der Waals surface area (Å²) in [6.07, 6.45) is 4.11. The lowest BCUT2D eigenvalue weighted by atomic mass is 9.90. The van der Waals surface area contributed by atoms with E-state index < -0.39 is 18.1 Å². The molecular formula is C33H49N5O6S. The Morgan fingerprint density at radius 1 is 1.18 bits per heavy atom. The summed E-state index contributed by atoms with van der Waals surface area (Å²) in [4.78, 5) is 59.0. The standard InChI is InChI=1S/C33H49N5O6S/c1-7-22(2)30(37(4)29(41)20-34-21-39)27(43-5)19-28(40)38-16-11-14-26(38)31(44-6)23(3)32(42)36-25(33-35-15-17-45-33)18-24-12-9-8-10-13-24/h8-10,12-13,15,17,21-23,25-27,30-31H,7,11,14,16,18-20H2,1-6H3,(H,34,39)(H,36,42). The van der Waals surface area contributed by atoms with Gasteiger partial charge in [-0.3, -0.25) is 19.2 Å². The van der Waals surface area contributed by atoms with Crippen LogP contribution in [-0.4, -0.2) is 97.6 Å². The molecular weight excluding hydrogens is 594 g/mol. The van der Waals surface area contributed by atoms with Crippen molar-refractivity contribution in [2.45, 2.75) is 83.2 Å². The van der Waals surface area contributed by atoms with E-state index >= 15 is 0 Å². The first kappa shape index (κ1) is 36.1. The molecule has 1 fully saturated rings. The van der Waals surface area contributed by atoms with Gasteiger partial charge in [-0.15, -0.1) is 11.3 Å². The molecule has 1 aromatic carbocycles. The first-order valence-electron chi connectivity index (χ1n) is 15.7. The Morgan fingerprint density at radius 2 is 1.91 bits per heavy atom. The quantitative estimate of drug-likeness (QED) is 0.239. The summed E-state index contributed by atoms with van der Waals surface area (Å²) in [5, 5.41) is 8.36. The minimum absolute atomic E-state index is 0.0411. The maximum absolute atomic E-state index is 13.9. The number of benzene rings is 1. The van der Waals surface area contributed by atoms with E-state index in [-0.39, 0.29) is 54.7 Å². The van der Waals surface area contributed by atoms with Gasteiger partial charge in [0.2, 0.25) is 24.1 Å². The van der Waals surface area contributed by atoms with Crippen molar-refractivity contribution in [1.29, 1.82) is 0 Å². The number of carbonyl (C=O) groups is 4. The zero-order chi connectivity index (χ0) is 32.9. The van der Waals surface area contributed by atoms with Crippen molar-refractivity contribution in [3.05, 3.63) is 52.5 Å². The van der Waals surface area contributed by atoms with Crippen LogP contribution < -0.4 is 10.6 Å². The highest BCUT2D eigenvalue weighted by Crippen LogP contribution is 2.30. The van der Waals surface area contributed by atoms with Gasteiger partial charge in [0.1, 0.15) is 5.01 Å². The van der Waals surface area contributed by atoms with Gasteiger partial charge in [-0.2, -0.15) is 0 Å². The van der Waals surface area contributed by atoms with Crippen molar-refractivity contribution >= 4 is 35.5 Å². The summed E-state index contributed by atoms with van der Waals surface area (Å²) in [6, 6.07) is 9.04. The summed E-state index contributed by atoms with van der Waals surface area (Å²) in [5.41, 5.74) is 1.09. The predicted molar refractivity (Wildman–Crippen MR) is 173 cm³/mol. The molecule has 0 saturated carbocycles. The van der Waals surface area contributed by atoms with Crippen molar-refractivity contribution < 1.29 is 28.7 Å². The average molecular weight is 644 g/mol. The van der Waals surface area contributed by atoms with Crippen molar-refractivity contribution in [1.82, 2.24) is 25.4 Å². The monoisotopic (exact) mass is 643 g/mol. The number of nitrogens with zero attached hydrogens (tertiary/aromatic N) is 3. The van der Waals surface area contributed by atoms with Gasteiger partial charge in [-0.1, -0.05) is 57.5 Å². The molecule has 11 nitrogen and oxygen atoms in total. The second-order valence-corrected chi connectivity index (χ2v) is 12.7. The number of nitrogens with one attached hydrogen (secondary N) is 2. The topological polar surface area (TPSA) is 130 Å². The fourth-order valence-corrected chi connectivity index (χ4v) is 7.03. The van der Waals surface area contributed by atoms with Crippen molar-refractivity contribution in [2.24, 2.45) is 11.8 Å². The molecule has 2 N–H and O–H groups in total. The highest BCUT2D eigenvalue weighted by molar-refractivity contribution is 7.09. The molecule has 1 saturated heterocycles. The number of aromatic nitrogens is 1. The third-order valence-corrected chi connectivity index (χ3v) is 9.88. The van der Waals surface area contributed by atoms with E-state index in [1.165, 1.54) is 11.3 Å². The van der Waals surface area contributed by atoms with Crippen molar-refractivity contribution in [3.8, 4) is 0 Å². The number of carbonyl (C=O) groups excluding carboxylic acids is 4. The van der Waals surface area contributed by atoms with Gasteiger partial charge in [-0.25, -0.2) is 4.98 Å². The van der Waals surface area contributed by atoms with Crippen LogP contribution in [0, 0.1) is 11.8 Å². The molecule has 0 bridgehead atoms. The smallest absolute Gasteiger partial charge is 0.242 e. The van der Waals surface area contributed by atoms with E-state index in [0.29, 0.717) is 25.8 Å². The van der Waals surface area contributed by atoms with Crippen LogP contribution in [0.2, 0.25) is 0 Å². The number of amides is 4. The van der Waals surface area contributed by atoms with Gasteiger partial charge < -0.3 is 29.9 Å². The van der Waals surface area contributed by atoms with Crippen molar-refractivity contribution in [2.75, 3.05) is 34.4 Å². The van der Waals surface area contributed by atoms with Crippen LogP contribution in [0.25, 0.3) is 0 Å². The van der Waals surface area contributed by atoms with Gasteiger partial charge in [0, 0.05) is 39.4 Å². The molecule has 2 aromatic rings. The Hall–Kier alpha value is -3.35. The van der Waals surface area contributed by atoms with E-state index in [1.54, 1.807) is 32.4 Å². The van der Waals surface area contributed by atoms with Crippen LogP contribution in [0.5, 0.6) is 0 Å². The molecule has 7 atom stereocenters. The molecule has 1 aliphatic rings. The lowest BCUT2D eigenvalue weighted by molar-refractivity contribution is -0.145. The van der Waals surface area contributed by atoms with E-state index in [0.717, 1.165) is 23.4 Å². The second-order valence-electron chi connectivity index (χ2n) is 11.8. The highest BCUT2D eigenvalue weighted by atomic mass is 32.1. The molecule has 0 radical (unpaired) electrons. The molecule has 7 unspecified atom stereocenters. The Kier molecular flexibility index (Phi) is 14.4. The Morgan fingerprint density at radius 3 is 2.51 bits per heavy atom. The number of rotatable bonds is 18. The first-order valence-corrected chi connectivity index (χ1v) is 16.6. The van der Waals surface area contributed by atoms with Crippen molar-refractivity contribution in [3.63, 3.8) is 0 Å². The lowest BCUT2D eigenvalue weighted by Gasteiger charge is -2.39. The van der Waals surface area contributed by atoms with E-state index in [2.05, 4.69) is 15.6 Å². The molecule has 2 heterocycles. The fraction of sp³-hybridized carbons (Fsp3) is 0.606. The third-order valence-electron chi connectivity index (χ3n) is 8.99. The van der Waals surface area contributed by atoms with Crippen LogP contribution in [0.3, 0.4) is 0 Å². The zero-order valence-corrected chi connectivity index (χ0v) is 28.1. The van der Waals surface area contributed by atoms with Crippen LogP contribution in [0.15, 0.2) is 41.9 Å². The maximum Gasteiger partial charge on any atom is 0.242 e. The zero-order valence-electron chi connectivity index (χ0n) is 27.3. The van der Waals surface area contributed by atoms with Gasteiger partial charge in [0.15, 0.2) is 0 Å². The second kappa shape index (κ2) is 18.0. The molecule has 0 spiro atoms. The summed E-state index contributed by atoms with van der Waals surface area (Å²) in [5.74, 6) is -1.02. The highest BCUT2D eigenvalue weighted by Gasteiger charge is 2.42. The predicted octanol–water partition coefficient (Wildman–Crippen LogP) is 3.21. The van der Waals surface area contributed by atoms with Crippen LogP contribution in [0.4, 0.5) is 0 Å². The molecule has 4 amide bonds. The largest absolute Gasteiger partial charge is 0.379 e. The number of hydrogen-bond acceptors (Lipinski definition) is 8. The summed E-state index contributed by atoms with van der Waals surface area (Å²) in [7, 11) is 4.82. The minimum Gasteiger partial charge on any atom is -0.379 e. The molecule has 12 heteroatoms. The van der Waals surface area contributed by atoms with Crippen LogP contribution >= 0.6 is 11.3 Å². The van der Waals surface area contributed by atoms with Gasteiger partial charge in [-0.05, 0) is 30.7 Å². The third kappa shape index (κ3) is 9.57. The van der Waals surface area contributed by atoms with Gasteiger partial charge in [0.25, 0.3) is 0 Å².